The highest BCUT2D eigenvalue weighted by Gasteiger charge is 2.31. The SMILES string of the molecule is CC(OC(=O)c1ccc(Br)cc1)C(=O)Nc1cc(C(F)(F)F)ccc1Cl. The maximum atomic E-state index is 12.8. The molecule has 1 N–H and O–H groups in total. The molecule has 138 valence electrons. The van der Waals surface area contributed by atoms with Crippen molar-refractivity contribution in [3.05, 3.63) is 63.1 Å². The van der Waals surface area contributed by atoms with Crippen LogP contribution in [0.25, 0.3) is 0 Å². The van der Waals surface area contributed by atoms with Crippen LogP contribution in [0.3, 0.4) is 0 Å². The average molecular weight is 451 g/mol. The lowest BCUT2D eigenvalue weighted by Gasteiger charge is -2.15. The van der Waals surface area contributed by atoms with E-state index in [1.807, 2.05) is 0 Å². The normalized spacial score (nSPS) is 12.4. The van der Waals surface area contributed by atoms with E-state index in [4.69, 9.17) is 16.3 Å². The number of rotatable bonds is 4. The summed E-state index contributed by atoms with van der Waals surface area (Å²) in [6.07, 6.45) is -5.82. The molecule has 2 aromatic carbocycles. The van der Waals surface area contributed by atoms with Gasteiger partial charge in [0.25, 0.3) is 5.91 Å². The van der Waals surface area contributed by atoms with Crippen molar-refractivity contribution < 1.29 is 27.5 Å². The Bertz CT molecular complexity index is 825. The van der Waals surface area contributed by atoms with Crippen LogP contribution in [0.2, 0.25) is 5.02 Å². The van der Waals surface area contributed by atoms with Gasteiger partial charge in [-0.25, -0.2) is 4.79 Å². The van der Waals surface area contributed by atoms with Gasteiger partial charge in [0, 0.05) is 4.47 Å². The summed E-state index contributed by atoms with van der Waals surface area (Å²) in [6, 6.07) is 8.80. The second kappa shape index (κ2) is 8.09. The van der Waals surface area contributed by atoms with E-state index in [1.165, 1.54) is 19.1 Å². The van der Waals surface area contributed by atoms with Crippen molar-refractivity contribution in [2.45, 2.75) is 19.2 Å². The van der Waals surface area contributed by atoms with Gasteiger partial charge in [0.1, 0.15) is 0 Å². The summed E-state index contributed by atoms with van der Waals surface area (Å²) in [5, 5.41) is 2.16. The number of nitrogens with one attached hydrogen (secondary N) is 1. The van der Waals surface area contributed by atoms with Gasteiger partial charge < -0.3 is 10.1 Å². The fraction of sp³-hybridized carbons (Fsp3) is 0.176. The first-order valence-corrected chi connectivity index (χ1v) is 8.39. The highest BCUT2D eigenvalue weighted by Crippen LogP contribution is 2.33. The number of esters is 1. The number of ether oxygens (including phenoxy) is 1. The van der Waals surface area contributed by atoms with Gasteiger partial charge in [0.15, 0.2) is 6.10 Å². The molecule has 9 heteroatoms. The lowest BCUT2D eigenvalue weighted by atomic mass is 10.2. The number of hydrogen-bond acceptors (Lipinski definition) is 3. The Balaban J connectivity index is 2.07. The molecule has 4 nitrogen and oxygen atoms in total. The Labute approximate surface area is 160 Å². The van der Waals surface area contributed by atoms with Gasteiger partial charge in [-0.1, -0.05) is 27.5 Å². The molecule has 0 aliphatic rings. The Morgan fingerprint density at radius 3 is 2.35 bits per heavy atom. The fourth-order valence-electron chi connectivity index (χ4n) is 1.90. The van der Waals surface area contributed by atoms with Crippen molar-refractivity contribution in [2.75, 3.05) is 5.32 Å². The molecule has 26 heavy (non-hydrogen) atoms. The Hall–Kier alpha value is -2.06. The molecule has 0 bridgehead atoms. The molecular weight excluding hydrogens is 439 g/mol. The molecule has 0 saturated heterocycles. The number of carbonyl (C=O) groups is 2. The highest BCUT2D eigenvalue weighted by molar-refractivity contribution is 9.10. The Morgan fingerprint density at radius 2 is 1.77 bits per heavy atom. The minimum absolute atomic E-state index is 0.0715. The quantitative estimate of drug-likeness (QED) is 0.643. The van der Waals surface area contributed by atoms with Crippen LogP contribution in [0, 0.1) is 0 Å². The molecule has 0 aromatic heterocycles. The number of benzene rings is 2. The minimum Gasteiger partial charge on any atom is -0.449 e. The molecule has 1 amide bonds. The van der Waals surface area contributed by atoms with Gasteiger partial charge in [-0.2, -0.15) is 13.2 Å². The molecule has 0 radical (unpaired) electrons. The summed E-state index contributed by atoms with van der Waals surface area (Å²) in [5.41, 5.74) is -0.959. The number of alkyl halides is 3. The fourth-order valence-corrected chi connectivity index (χ4v) is 2.33. The van der Waals surface area contributed by atoms with Gasteiger partial charge in [-0.3, -0.25) is 4.79 Å². The van der Waals surface area contributed by atoms with E-state index in [-0.39, 0.29) is 16.3 Å². The summed E-state index contributed by atoms with van der Waals surface area (Å²) >= 11 is 9.04. The topological polar surface area (TPSA) is 55.4 Å². The zero-order chi connectivity index (χ0) is 19.5. The van der Waals surface area contributed by atoms with Crippen molar-refractivity contribution in [1.82, 2.24) is 0 Å². The van der Waals surface area contributed by atoms with Crippen LogP contribution in [0.5, 0.6) is 0 Å². The number of amides is 1. The minimum atomic E-state index is -4.58. The zero-order valence-corrected chi connectivity index (χ0v) is 15.6. The van der Waals surface area contributed by atoms with E-state index >= 15 is 0 Å². The predicted octanol–water partition coefficient (Wildman–Crippen LogP) is 5.31. The maximum absolute atomic E-state index is 12.8. The van der Waals surface area contributed by atoms with Gasteiger partial charge >= 0.3 is 12.1 Å². The smallest absolute Gasteiger partial charge is 0.416 e. The van der Waals surface area contributed by atoms with Crippen LogP contribution >= 0.6 is 27.5 Å². The van der Waals surface area contributed by atoms with Crippen LogP contribution in [-0.2, 0) is 15.7 Å². The van der Waals surface area contributed by atoms with E-state index in [2.05, 4.69) is 21.2 Å². The second-order valence-corrected chi connectivity index (χ2v) is 6.56. The van der Waals surface area contributed by atoms with Crippen molar-refractivity contribution in [2.24, 2.45) is 0 Å². The van der Waals surface area contributed by atoms with E-state index in [0.29, 0.717) is 6.07 Å². The zero-order valence-electron chi connectivity index (χ0n) is 13.2. The van der Waals surface area contributed by atoms with Crippen molar-refractivity contribution in [3.8, 4) is 0 Å². The maximum Gasteiger partial charge on any atom is 0.416 e. The monoisotopic (exact) mass is 449 g/mol. The van der Waals surface area contributed by atoms with E-state index in [0.717, 1.165) is 16.6 Å². The first kappa shape index (κ1) is 20.3. The summed E-state index contributed by atoms with van der Waals surface area (Å²) in [5.74, 6) is -1.55. The number of hydrogen-bond donors (Lipinski definition) is 1. The van der Waals surface area contributed by atoms with Crippen molar-refractivity contribution in [1.29, 1.82) is 0 Å². The van der Waals surface area contributed by atoms with Gasteiger partial charge in [0.2, 0.25) is 0 Å². The van der Waals surface area contributed by atoms with Gasteiger partial charge in [0.05, 0.1) is 21.8 Å². The molecule has 0 fully saturated rings. The van der Waals surface area contributed by atoms with E-state index in [1.54, 1.807) is 12.1 Å². The summed E-state index contributed by atoms with van der Waals surface area (Å²) in [4.78, 5) is 24.1. The third-order valence-electron chi connectivity index (χ3n) is 3.28. The van der Waals surface area contributed by atoms with Crippen molar-refractivity contribution >= 4 is 45.1 Å². The lowest BCUT2D eigenvalue weighted by molar-refractivity contribution is -0.137. The van der Waals surface area contributed by atoms with Gasteiger partial charge in [-0.15, -0.1) is 0 Å². The lowest BCUT2D eigenvalue weighted by Crippen LogP contribution is -2.30. The van der Waals surface area contributed by atoms with Crippen LogP contribution in [0.4, 0.5) is 18.9 Å². The van der Waals surface area contributed by atoms with E-state index < -0.39 is 29.7 Å². The van der Waals surface area contributed by atoms with Crippen LogP contribution < -0.4 is 5.32 Å². The molecule has 1 unspecified atom stereocenters. The average Bonchev–Trinajstić information content (AvgIpc) is 2.56. The number of carbonyl (C=O) groups excluding carboxylic acids is 2. The van der Waals surface area contributed by atoms with Crippen LogP contribution in [-0.4, -0.2) is 18.0 Å². The van der Waals surface area contributed by atoms with Crippen LogP contribution in [0.1, 0.15) is 22.8 Å². The standard InChI is InChI=1S/C17H12BrClF3NO3/c1-9(26-16(25)10-2-5-12(18)6-3-10)15(24)23-14-8-11(17(20,21)22)4-7-13(14)19/h2-9H,1H3,(H,23,24). The molecule has 2 rings (SSSR count). The highest BCUT2D eigenvalue weighted by atomic mass is 79.9. The largest absolute Gasteiger partial charge is 0.449 e. The Morgan fingerprint density at radius 1 is 1.15 bits per heavy atom. The molecule has 2 aromatic rings. The predicted molar refractivity (Wildman–Crippen MR) is 94.1 cm³/mol. The molecule has 0 aliphatic heterocycles. The Kier molecular flexibility index (Phi) is 6.30. The first-order chi connectivity index (χ1) is 12.1. The van der Waals surface area contributed by atoms with Gasteiger partial charge in [-0.05, 0) is 49.4 Å². The van der Waals surface area contributed by atoms with Crippen LogP contribution in [0.15, 0.2) is 46.9 Å². The number of halogens is 5. The third-order valence-corrected chi connectivity index (χ3v) is 4.14. The summed E-state index contributed by atoms with van der Waals surface area (Å²) in [6.45, 7) is 1.30. The van der Waals surface area contributed by atoms with Crippen molar-refractivity contribution in [3.63, 3.8) is 0 Å². The van der Waals surface area contributed by atoms with E-state index in [9.17, 15) is 22.8 Å². The number of anilines is 1. The summed E-state index contributed by atoms with van der Waals surface area (Å²) < 4.78 is 44.0. The summed E-state index contributed by atoms with van der Waals surface area (Å²) in [7, 11) is 0. The third kappa shape index (κ3) is 5.22. The molecule has 0 saturated carbocycles. The molecule has 1 atom stereocenters. The molecular formula is C17H12BrClF3NO3. The second-order valence-electron chi connectivity index (χ2n) is 5.24. The molecule has 0 heterocycles. The first-order valence-electron chi connectivity index (χ1n) is 7.22. The molecule has 0 spiro atoms. The molecule has 0 aliphatic carbocycles.